The summed E-state index contributed by atoms with van der Waals surface area (Å²) in [5.41, 5.74) is 6.37. The van der Waals surface area contributed by atoms with E-state index < -0.39 is 19.2 Å². The lowest BCUT2D eigenvalue weighted by molar-refractivity contribution is 0.00578. The van der Waals surface area contributed by atoms with Crippen molar-refractivity contribution in [3.63, 3.8) is 0 Å². The van der Waals surface area contributed by atoms with Gasteiger partial charge >= 0.3 is 7.12 Å². The summed E-state index contributed by atoms with van der Waals surface area (Å²) in [5.74, 6) is 0. The molecule has 360 valence electrons. The van der Waals surface area contributed by atoms with Crippen LogP contribution in [-0.4, -0.2) is 71.6 Å². The normalized spacial score (nSPS) is 13.6. The van der Waals surface area contributed by atoms with Crippen molar-refractivity contribution in [2.75, 3.05) is 12.5 Å². The first-order valence-electron chi connectivity index (χ1n) is 20.4. The molecule has 3 aromatic heterocycles. The van der Waals surface area contributed by atoms with Crippen LogP contribution in [0.15, 0.2) is 147 Å². The maximum Gasteiger partial charge on any atom is 0.494 e. The molecule has 2 N–H and O–H groups in total. The topological polar surface area (TPSA) is 202 Å². The molecule has 6 aromatic rings. The molecule has 0 bridgehead atoms. The maximum atomic E-state index is 11.6. The molecule has 0 atom stereocenters. The second-order valence-electron chi connectivity index (χ2n) is 16.2. The Hall–Kier alpha value is -4.96. The van der Waals surface area contributed by atoms with Crippen LogP contribution in [0.25, 0.3) is 22.3 Å². The first kappa shape index (κ1) is 56.4. The predicted octanol–water partition coefficient (Wildman–Crippen LogP) is 5.88. The molecule has 20 heteroatoms. The van der Waals surface area contributed by atoms with Crippen molar-refractivity contribution in [1.82, 2.24) is 13.7 Å². The Labute approximate surface area is 405 Å². The Bertz CT molecular complexity index is 2940. The van der Waals surface area contributed by atoms with Gasteiger partial charge in [-0.3, -0.25) is 18.6 Å². The molecule has 0 radical (unpaired) electrons. The Morgan fingerprint density at radius 2 is 0.925 bits per heavy atom. The van der Waals surface area contributed by atoms with Gasteiger partial charge in [-0.05, 0) is 90.3 Å². The van der Waals surface area contributed by atoms with Crippen LogP contribution in [0.4, 0.5) is 0 Å². The van der Waals surface area contributed by atoms with Crippen molar-refractivity contribution in [2.45, 2.75) is 58.7 Å². The van der Waals surface area contributed by atoms with Gasteiger partial charge in [0.05, 0.1) is 43.5 Å². The number of rotatable bonds is 8. The summed E-state index contributed by atoms with van der Waals surface area (Å²) in [4.78, 5) is 33.8. The standard InChI is InChI=1S/C14H15NO4S.C13H19BO3.C13H13NO2.C6H6BrNO.CH3ClO2S/c1-15-8-7-13(9-14(15)16)12-5-3-11(4-6-12)10-19-20(2,17)18;1-12(2)13(3,4)17-14(16-12)11-7-5-10(9-15)6-8-11;1-14-7-6-12(8-13(14)16)11-4-2-10(9-15)3-5-11;1-8-3-2-5(7)4-6(8)9;1-5(2,3)4/h3-9H,10H2,1-2H3;5-8,15H,9H2,1-4H3;2-8,15H,9H2,1H3;2-4H,1H3;1H3. The summed E-state index contributed by atoms with van der Waals surface area (Å²) >= 11 is 3.18. The van der Waals surface area contributed by atoms with Crippen molar-refractivity contribution < 1.29 is 40.5 Å². The number of pyridine rings is 3. The minimum absolute atomic E-state index is 0.00405. The van der Waals surface area contributed by atoms with Gasteiger partial charge in [0.15, 0.2) is 0 Å². The molecule has 1 aliphatic heterocycles. The summed E-state index contributed by atoms with van der Waals surface area (Å²) in [5, 5.41) is 17.9. The molecule has 67 heavy (non-hydrogen) atoms. The Morgan fingerprint density at radius 3 is 1.25 bits per heavy atom. The van der Waals surface area contributed by atoms with Crippen molar-refractivity contribution >= 4 is 58.4 Å². The summed E-state index contributed by atoms with van der Waals surface area (Å²) < 4.78 is 62.6. The molecule has 1 fully saturated rings. The van der Waals surface area contributed by atoms with E-state index in [4.69, 9.17) is 23.7 Å². The number of aromatic nitrogens is 3. The molecular weight excluding hydrogens is 989 g/mol. The number of hydrogen-bond acceptors (Lipinski definition) is 12. The third kappa shape index (κ3) is 19.3. The van der Waals surface area contributed by atoms with Crippen molar-refractivity contribution in [3.8, 4) is 22.3 Å². The summed E-state index contributed by atoms with van der Waals surface area (Å²) in [7, 11) is 2.68. The molecule has 4 heterocycles. The first-order valence-corrected chi connectivity index (χ1v) is 25.7. The monoisotopic (exact) mass is 1040 g/mol. The summed E-state index contributed by atoms with van der Waals surface area (Å²) in [6.07, 6.45) is 7.11. The molecule has 3 aromatic carbocycles. The van der Waals surface area contributed by atoms with E-state index in [1.807, 2.05) is 107 Å². The smallest absolute Gasteiger partial charge is 0.399 e. The van der Waals surface area contributed by atoms with Gasteiger partial charge in [-0.1, -0.05) is 88.7 Å². The third-order valence-corrected chi connectivity index (χ3v) is 11.2. The largest absolute Gasteiger partial charge is 0.494 e. The quantitative estimate of drug-likeness (QED) is 0.104. The maximum absolute atomic E-state index is 11.6. The second-order valence-corrected chi connectivity index (χ2v) is 21.8. The minimum atomic E-state index is -3.44. The number of aryl methyl sites for hydroxylation is 3. The van der Waals surface area contributed by atoms with E-state index in [1.54, 1.807) is 64.0 Å². The van der Waals surface area contributed by atoms with Crippen molar-refractivity contribution in [1.29, 1.82) is 0 Å². The number of nitrogens with zero attached hydrogens (tertiary/aromatic N) is 3. The van der Waals surface area contributed by atoms with Gasteiger partial charge < -0.3 is 33.2 Å². The minimum Gasteiger partial charge on any atom is -0.399 e. The third-order valence-electron chi connectivity index (χ3n) is 10.2. The zero-order valence-electron chi connectivity index (χ0n) is 38.7. The lowest BCUT2D eigenvalue weighted by Gasteiger charge is -2.32. The highest BCUT2D eigenvalue weighted by atomic mass is 79.9. The molecule has 0 spiro atoms. The van der Waals surface area contributed by atoms with E-state index in [-0.39, 0.29) is 54.8 Å². The average Bonchev–Trinajstić information content (AvgIpc) is 3.49. The van der Waals surface area contributed by atoms with Crippen LogP contribution in [0.2, 0.25) is 0 Å². The molecule has 0 saturated carbocycles. The molecule has 0 unspecified atom stereocenters. The molecule has 1 saturated heterocycles. The van der Waals surface area contributed by atoms with Gasteiger partial charge in [0.1, 0.15) is 0 Å². The van der Waals surface area contributed by atoms with E-state index in [9.17, 15) is 31.2 Å². The number of aliphatic hydroxyl groups is 2. The van der Waals surface area contributed by atoms with E-state index >= 15 is 0 Å². The van der Waals surface area contributed by atoms with E-state index in [2.05, 4.69) is 26.6 Å². The zero-order chi connectivity index (χ0) is 50.3. The van der Waals surface area contributed by atoms with E-state index in [0.717, 1.165) is 61.4 Å². The molecule has 0 amide bonds. The van der Waals surface area contributed by atoms with Crippen LogP contribution >= 0.6 is 26.6 Å². The summed E-state index contributed by atoms with van der Waals surface area (Å²) in [6.45, 7) is 8.25. The fourth-order valence-electron chi connectivity index (χ4n) is 5.51. The van der Waals surface area contributed by atoms with Crippen molar-refractivity contribution in [2.24, 2.45) is 21.1 Å². The zero-order valence-corrected chi connectivity index (χ0v) is 42.7. The summed E-state index contributed by atoms with van der Waals surface area (Å²) in [6, 6.07) is 32.6. The van der Waals surface area contributed by atoms with Gasteiger partial charge in [0.25, 0.3) is 26.8 Å². The molecule has 1 aliphatic rings. The Balaban J connectivity index is 0.000000235. The Morgan fingerprint density at radius 1 is 0.582 bits per heavy atom. The second kappa shape index (κ2) is 24.9. The highest BCUT2D eigenvalue weighted by Gasteiger charge is 2.51. The highest BCUT2D eigenvalue weighted by molar-refractivity contribution is 9.10. The Kier molecular flexibility index (Phi) is 20.9. The molecule has 7 rings (SSSR count). The van der Waals surface area contributed by atoms with Crippen LogP contribution in [0.3, 0.4) is 0 Å². The lowest BCUT2D eigenvalue weighted by Crippen LogP contribution is -2.41. The molecule has 15 nitrogen and oxygen atoms in total. The van der Waals surface area contributed by atoms with Crippen LogP contribution in [0.5, 0.6) is 0 Å². The van der Waals surface area contributed by atoms with Crippen molar-refractivity contribution in [3.05, 3.63) is 180 Å². The van der Waals surface area contributed by atoms with Gasteiger partial charge in [0.2, 0.25) is 9.05 Å². The number of benzene rings is 3. The van der Waals surface area contributed by atoms with Gasteiger partial charge in [-0.2, -0.15) is 8.42 Å². The lowest BCUT2D eigenvalue weighted by atomic mass is 9.79. The van der Waals surface area contributed by atoms with Crippen LogP contribution < -0.4 is 22.1 Å². The van der Waals surface area contributed by atoms with E-state index in [1.165, 1.54) is 19.8 Å². The van der Waals surface area contributed by atoms with Crippen LogP contribution in [-0.2, 0) is 73.6 Å². The molecule has 0 aliphatic carbocycles. The van der Waals surface area contributed by atoms with Gasteiger partial charge in [-0.15, -0.1) is 0 Å². The number of aliphatic hydroxyl groups excluding tert-OH is 2. The SMILES string of the molecule is CC1(C)OB(c2ccc(CO)cc2)OC1(C)C.CS(=O)(=O)Cl.Cn1ccc(-c2ccc(CO)cc2)cc1=O.Cn1ccc(-c2ccc(COS(C)(=O)=O)cc2)cc1=O.Cn1ccc(Br)cc1=O. The average molecular weight is 1050 g/mol. The number of halogens is 2. The fourth-order valence-corrected chi connectivity index (χ4v) is 6.18. The highest BCUT2D eigenvalue weighted by Crippen LogP contribution is 2.36. The van der Waals surface area contributed by atoms with Gasteiger partial charge in [0, 0.05) is 73.1 Å². The number of hydrogen-bond donors (Lipinski definition) is 2. The first-order chi connectivity index (χ1) is 31.1. The predicted molar refractivity (Wildman–Crippen MR) is 268 cm³/mol. The molecular formula is C47H56BBrClN3O12S2. The van der Waals surface area contributed by atoms with E-state index in [0.29, 0.717) is 0 Å². The van der Waals surface area contributed by atoms with Gasteiger partial charge in [-0.25, -0.2) is 8.42 Å². The van der Waals surface area contributed by atoms with Crippen LogP contribution in [0, 0.1) is 0 Å². The van der Waals surface area contributed by atoms with Crippen LogP contribution in [0.1, 0.15) is 44.4 Å². The fraction of sp³-hybridized carbons (Fsp3) is 0.298.